The van der Waals surface area contributed by atoms with Crippen LogP contribution in [0, 0.1) is 5.92 Å². The Morgan fingerprint density at radius 3 is 2.60 bits per heavy atom. The molecule has 4 heteroatoms. The summed E-state index contributed by atoms with van der Waals surface area (Å²) in [6.07, 6.45) is 3.33. The molecule has 0 aliphatic heterocycles. The van der Waals surface area contributed by atoms with Gasteiger partial charge in [0.05, 0.1) is 0 Å². The second kappa shape index (κ2) is 5.47. The van der Waals surface area contributed by atoms with Crippen molar-refractivity contribution in [2.24, 2.45) is 5.92 Å². The van der Waals surface area contributed by atoms with Crippen LogP contribution in [-0.4, -0.2) is 48.7 Å². The van der Waals surface area contributed by atoms with Crippen molar-refractivity contribution in [3.63, 3.8) is 0 Å². The molecule has 4 nitrogen and oxygen atoms in total. The second-order valence-corrected chi connectivity index (χ2v) is 4.53. The first kappa shape index (κ1) is 12.5. The molecule has 1 saturated carbocycles. The maximum atomic E-state index is 10.8. The third-order valence-corrected chi connectivity index (χ3v) is 3.42. The lowest BCUT2D eigenvalue weighted by molar-refractivity contribution is -0.139. The fourth-order valence-electron chi connectivity index (χ4n) is 1.87. The van der Waals surface area contributed by atoms with Crippen LogP contribution >= 0.6 is 0 Å². The molecule has 1 rings (SSSR count). The molecule has 1 aliphatic carbocycles. The standard InChI is InChI=1S/C11H22N2O2/c1-8(9-4-5-9)13(3)7-6-10(12-2)11(14)15/h8-10,12H,4-7H2,1-3H3,(H,14,15). The van der Waals surface area contributed by atoms with Crippen LogP contribution in [0.2, 0.25) is 0 Å². The van der Waals surface area contributed by atoms with Gasteiger partial charge in [-0.1, -0.05) is 0 Å². The van der Waals surface area contributed by atoms with Crippen molar-refractivity contribution >= 4 is 5.97 Å². The molecular weight excluding hydrogens is 192 g/mol. The van der Waals surface area contributed by atoms with E-state index in [2.05, 4.69) is 24.2 Å². The van der Waals surface area contributed by atoms with Gasteiger partial charge in [-0.25, -0.2) is 0 Å². The molecule has 2 unspecified atom stereocenters. The molecule has 0 radical (unpaired) electrons. The molecule has 0 aromatic rings. The summed E-state index contributed by atoms with van der Waals surface area (Å²) in [5.74, 6) is 0.0813. The minimum Gasteiger partial charge on any atom is -0.480 e. The molecule has 15 heavy (non-hydrogen) atoms. The zero-order chi connectivity index (χ0) is 11.4. The molecule has 0 aromatic heterocycles. The van der Waals surface area contributed by atoms with Crippen LogP contribution in [0.5, 0.6) is 0 Å². The summed E-state index contributed by atoms with van der Waals surface area (Å²) in [4.78, 5) is 13.0. The molecule has 0 heterocycles. The number of carboxylic acids is 1. The fraction of sp³-hybridized carbons (Fsp3) is 0.909. The van der Waals surface area contributed by atoms with E-state index in [4.69, 9.17) is 5.11 Å². The van der Waals surface area contributed by atoms with Gasteiger partial charge in [0.1, 0.15) is 6.04 Å². The summed E-state index contributed by atoms with van der Waals surface area (Å²) >= 11 is 0. The number of nitrogens with zero attached hydrogens (tertiary/aromatic N) is 1. The Balaban J connectivity index is 2.24. The summed E-state index contributed by atoms with van der Waals surface area (Å²) < 4.78 is 0. The molecule has 88 valence electrons. The highest BCUT2D eigenvalue weighted by molar-refractivity contribution is 5.73. The van der Waals surface area contributed by atoms with Gasteiger partial charge >= 0.3 is 5.97 Å². The lowest BCUT2D eigenvalue weighted by Crippen LogP contribution is -2.39. The first-order valence-corrected chi connectivity index (χ1v) is 5.66. The van der Waals surface area contributed by atoms with Gasteiger partial charge in [0.25, 0.3) is 0 Å². The molecule has 0 spiro atoms. The zero-order valence-corrected chi connectivity index (χ0v) is 9.86. The molecule has 2 N–H and O–H groups in total. The molecule has 1 fully saturated rings. The second-order valence-electron chi connectivity index (χ2n) is 4.53. The predicted octanol–water partition coefficient (Wildman–Crippen LogP) is 0.779. The number of nitrogens with one attached hydrogen (secondary N) is 1. The summed E-state index contributed by atoms with van der Waals surface area (Å²) in [6, 6.07) is 0.176. The molecule has 2 atom stereocenters. The van der Waals surface area contributed by atoms with Gasteiger partial charge in [0.15, 0.2) is 0 Å². The first-order chi connectivity index (χ1) is 7.06. The van der Waals surface area contributed by atoms with Gasteiger partial charge in [-0.2, -0.15) is 0 Å². The van der Waals surface area contributed by atoms with E-state index in [1.807, 2.05) is 0 Å². The van der Waals surface area contributed by atoms with Crippen LogP contribution in [0.15, 0.2) is 0 Å². The third-order valence-electron chi connectivity index (χ3n) is 3.42. The van der Waals surface area contributed by atoms with Crippen molar-refractivity contribution in [1.29, 1.82) is 0 Å². The molecule has 0 bridgehead atoms. The Hall–Kier alpha value is -0.610. The third kappa shape index (κ3) is 3.80. The molecule has 0 amide bonds. The highest BCUT2D eigenvalue weighted by atomic mass is 16.4. The number of hydrogen-bond acceptors (Lipinski definition) is 3. The number of carboxylic acid groups (broad SMARTS) is 1. The number of aliphatic carboxylic acids is 1. The Morgan fingerprint density at radius 1 is 1.60 bits per heavy atom. The van der Waals surface area contributed by atoms with E-state index < -0.39 is 12.0 Å². The van der Waals surface area contributed by atoms with Crippen molar-refractivity contribution in [2.75, 3.05) is 20.6 Å². The highest BCUT2D eigenvalue weighted by Gasteiger charge is 2.30. The number of hydrogen-bond donors (Lipinski definition) is 2. The summed E-state index contributed by atoms with van der Waals surface area (Å²) in [5.41, 5.74) is 0. The minimum absolute atomic E-state index is 0.418. The van der Waals surface area contributed by atoms with E-state index in [9.17, 15) is 4.79 Å². The van der Waals surface area contributed by atoms with Gasteiger partial charge in [0, 0.05) is 12.6 Å². The smallest absolute Gasteiger partial charge is 0.320 e. The number of carbonyl (C=O) groups is 1. The molecule has 1 aliphatic rings. The maximum Gasteiger partial charge on any atom is 0.320 e. The zero-order valence-electron chi connectivity index (χ0n) is 9.86. The fourth-order valence-corrected chi connectivity index (χ4v) is 1.87. The van der Waals surface area contributed by atoms with Crippen LogP contribution in [0.4, 0.5) is 0 Å². The van der Waals surface area contributed by atoms with Gasteiger partial charge < -0.3 is 15.3 Å². The lowest BCUT2D eigenvalue weighted by atomic mass is 10.1. The van der Waals surface area contributed by atoms with E-state index >= 15 is 0 Å². The summed E-state index contributed by atoms with van der Waals surface area (Å²) in [7, 11) is 3.78. The Labute approximate surface area is 91.6 Å². The average molecular weight is 214 g/mol. The van der Waals surface area contributed by atoms with Crippen LogP contribution < -0.4 is 5.32 Å². The van der Waals surface area contributed by atoms with Gasteiger partial charge in [0.2, 0.25) is 0 Å². The van der Waals surface area contributed by atoms with Crippen molar-refractivity contribution < 1.29 is 9.90 Å². The predicted molar refractivity (Wildman–Crippen MR) is 59.9 cm³/mol. The van der Waals surface area contributed by atoms with Crippen molar-refractivity contribution in [1.82, 2.24) is 10.2 Å². The molecular formula is C11H22N2O2. The largest absolute Gasteiger partial charge is 0.480 e. The van der Waals surface area contributed by atoms with Crippen molar-refractivity contribution in [2.45, 2.75) is 38.3 Å². The summed E-state index contributed by atoms with van der Waals surface area (Å²) in [6.45, 7) is 3.07. The molecule has 0 aromatic carbocycles. The quantitative estimate of drug-likeness (QED) is 0.657. The number of likely N-dealkylation sites (N-methyl/N-ethyl adjacent to an activating group) is 1. The van der Waals surface area contributed by atoms with Gasteiger partial charge in [-0.05, 0) is 46.2 Å². The van der Waals surface area contributed by atoms with Crippen LogP contribution in [-0.2, 0) is 4.79 Å². The van der Waals surface area contributed by atoms with E-state index in [1.54, 1.807) is 7.05 Å². The monoisotopic (exact) mass is 214 g/mol. The SMILES string of the molecule is CNC(CCN(C)C(C)C1CC1)C(=O)O. The maximum absolute atomic E-state index is 10.8. The van der Waals surface area contributed by atoms with Crippen molar-refractivity contribution in [3.05, 3.63) is 0 Å². The van der Waals surface area contributed by atoms with Gasteiger partial charge in [-0.15, -0.1) is 0 Å². The number of rotatable bonds is 7. The van der Waals surface area contributed by atoms with Crippen molar-refractivity contribution in [3.8, 4) is 0 Å². The average Bonchev–Trinajstić information content (AvgIpc) is 3.00. The Bertz CT molecular complexity index is 217. The van der Waals surface area contributed by atoms with E-state index in [1.165, 1.54) is 12.8 Å². The Morgan fingerprint density at radius 2 is 2.20 bits per heavy atom. The molecule has 0 saturated heterocycles. The van der Waals surface area contributed by atoms with Crippen LogP contribution in [0.1, 0.15) is 26.2 Å². The highest BCUT2D eigenvalue weighted by Crippen LogP contribution is 2.34. The van der Waals surface area contributed by atoms with E-state index in [0.29, 0.717) is 12.5 Å². The lowest BCUT2D eigenvalue weighted by Gasteiger charge is -2.25. The van der Waals surface area contributed by atoms with E-state index in [0.717, 1.165) is 12.5 Å². The normalized spacial score (nSPS) is 20.3. The van der Waals surface area contributed by atoms with E-state index in [-0.39, 0.29) is 0 Å². The summed E-state index contributed by atoms with van der Waals surface area (Å²) in [5, 5.41) is 11.7. The minimum atomic E-state index is -0.759. The Kier molecular flexibility index (Phi) is 4.54. The van der Waals surface area contributed by atoms with Crippen LogP contribution in [0.3, 0.4) is 0 Å². The van der Waals surface area contributed by atoms with Crippen LogP contribution in [0.25, 0.3) is 0 Å². The van der Waals surface area contributed by atoms with Gasteiger partial charge in [-0.3, -0.25) is 4.79 Å². The topological polar surface area (TPSA) is 52.6 Å². The first-order valence-electron chi connectivity index (χ1n) is 5.66.